The molecule has 0 aliphatic heterocycles. The van der Waals surface area contributed by atoms with Crippen LogP contribution in [-0.2, 0) is 0 Å². The summed E-state index contributed by atoms with van der Waals surface area (Å²) in [4.78, 5) is 11.7. The molecule has 84 valence electrons. The lowest BCUT2D eigenvalue weighted by Crippen LogP contribution is -2.42. The Balaban J connectivity index is 3.04. The number of hydrogen-bond donors (Lipinski definition) is 3. The highest BCUT2D eigenvalue weighted by Crippen LogP contribution is 2.26. The Kier molecular flexibility index (Phi) is 3.04. The number of benzene rings is 1. The van der Waals surface area contributed by atoms with Gasteiger partial charge in [0.05, 0.1) is 6.07 Å². The summed E-state index contributed by atoms with van der Waals surface area (Å²) in [5.74, 6) is -1.35. The molecule has 0 fully saturated rings. The highest BCUT2D eigenvalue weighted by atomic mass is 16.3. The lowest BCUT2D eigenvalue weighted by Gasteiger charge is -2.18. The summed E-state index contributed by atoms with van der Waals surface area (Å²) in [5.41, 5.74) is -1.29. The third-order valence-corrected chi connectivity index (χ3v) is 1.95. The maximum absolute atomic E-state index is 11.7. The minimum absolute atomic E-state index is 0.231. The number of nitrogens with zero attached hydrogens (tertiary/aromatic N) is 1. The first-order valence-electron chi connectivity index (χ1n) is 4.62. The zero-order valence-electron chi connectivity index (χ0n) is 8.98. The second kappa shape index (κ2) is 4.11. The summed E-state index contributed by atoms with van der Waals surface area (Å²) in [6, 6.07) is 5.87. The molecule has 1 amide bonds. The maximum atomic E-state index is 11.7. The van der Waals surface area contributed by atoms with Crippen LogP contribution in [0.4, 0.5) is 0 Å². The van der Waals surface area contributed by atoms with Gasteiger partial charge in [-0.05, 0) is 26.0 Å². The molecule has 3 N–H and O–H groups in total. The fraction of sp³-hybridized carbons (Fsp3) is 0.273. The van der Waals surface area contributed by atoms with Crippen molar-refractivity contribution in [1.82, 2.24) is 5.32 Å². The topological polar surface area (TPSA) is 93.4 Å². The minimum Gasteiger partial charge on any atom is -0.507 e. The number of hydrogen-bond acceptors (Lipinski definition) is 4. The van der Waals surface area contributed by atoms with Crippen LogP contribution in [0.5, 0.6) is 11.5 Å². The highest BCUT2D eigenvalue weighted by molar-refractivity contribution is 6.00. The Morgan fingerprint density at radius 3 is 2.31 bits per heavy atom. The van der Waals surface area contributed by atoms with Gasteiger partial charge in [-0.1, -0.05) is 6.07 Å². The molecule has 0 bridgehead atoms. The largest absolute Gasteiger partial charge is 0.507 e. The molecule has 0 heterocycles. The van der Waals surface area contributed by atoms with E-state index < -0.39 is 11.4 Å². The van der Waals surface area contributed by atoms with Crippen LogP contribution in [0.3, 0.4) is 0 Å². The Hall–Kier alpha value is -2.22. The highest BCUT2D eigenvalue weighted by Gasteiger charge is 2.23. The Bertz CT molecular complexity index is 441. The molecule has 0 aliphatic carbocycles. The summed E-state index contributed by atoms with van der Waals surface area (Å²) in [6.45, 7) is 3.03. The molecule has 0 saturated carbocycles. The lowest BCUT2D eigenvalue weighted by atomic mass is 10.1. The molecule has 0 unspecified atom stereocenters. The first-order valence-corrected chi connectivity index (χ1v) is 4.62. The Morgan fingerprint density at radius 2 is 1.88 bits per heavy atom. The lowest BCUT2D eigenvalue weighted by molar-refractivity contribution is 0.0923. The van der Waals surface area contributed by atoms with Crippen molar-refractivity contribution in [1.29, 1.82) is 5.26 Å². The number of nitriles is 1. The van der Waals surface area contributed by atoms with Crippen LogP contribution >= 0.6 is 0 Å². The van der Waals surface area contributed by atoms with Crippen LogP contribution in [0.15, 0.2) is 18.2 Å². The molecule has 5 nitrogen and oxygen atoms in total. The van der Waals surface area contributed by atoms with E-state index in [1.54, 1.807) is 0 Å². The van der Waals surface area contributed by atoms with Gasteiger partial charge in [0.25, 0.3) is 5.91 Å². The minimum atomic E-state index is -1.06. The molecular formula is C11H12N2O3. The number of rotatable bonds is 2. The molecular weight excluding hydrogens is 208 g/mol. The zero-order chi connectivity index (χ0) is 12.3. The molecule has 0 aliphatic rings. The number of amides is 1. The van der Waals surface area contributed by atoms with Crippen molar-refractivity contribution in [2.75, 3.05) is 0 Å². The van der Waals surface area contributed by atoms with Crippen LogP contribution in [0.1, 0.15) is 24.2 Å². The average Bonchev–Trinajstić information content (AvgIpc) is 2.16. The second-order valence-electron chi connectivity index (χ2n) is 3.86. The van der Waals surface area contributed by atoms with Gasteiger partial charge in [0.2, 0.25) is 0 Å². The van der Waals surface area contributed by atoms with Crippen LogP contribution in [0.2, 0.25) is 0 Å². The standard InChI is InChI=1S/C11H12N2O3/c1-11(2,6-12)13-10(16)9-7(14)4-3-5-8(9)15/h3-5,14-15H,1-2H3,(H,13,16). The van der Waals surface area contributed by atoms with Gasteiger partial charge >= 0.3 is 0 Å². The van der Waals surface area contributed by atoms with Crippen molar-refractivity contribution in [3.8, 4) is 17.6 Å². The van der Waals surface area contributed by atoms with E-state index in [2.05, 4.69) is 5.32 Å². The van der Waals surface area contributed by atoms with Gasteiger partial charge in [-0.25, -0.2) is 0 Å². The van der Waals surface area contributed by atoms with E-state index in [1.165, 1.54) is 32.0 Å². The predicted octanol–water partition coefficient (Wildman–Crippen LogP) is 1.13. The quantitative estimate of drug-likeness (QED) is 0.696. The third-order valence-electron chi connectivity index (χ3n) is 1.95. The second-order valence-corrected chi connectivity index (χ2v) is 3.86. The van der Waals surface area contributed by atoms with Crippen LogP contribution in [0, 0.1) is 11.3 Å². The van der Waals surface area contributed by atoms with Crippen molar-refractivity contribution in [2.45, 2.75) is 19.4 Å². The van der Waals surface area contributed by atoms with Gasteiger partial charge in [-0.15, -0.1) is 0 Å². The zero-order valence-corrected chi connectivity index (χ0v) is 8.98. The molecule has 16 heavy (non-hydrogen) atoms. The van der Waals surface area contributed by atoms with Crippen LogP contribution < -0.4 is 5.32 Å². The fourth-order valence-corrected chi connectivity index (χ4v) is 1.14. The molecule has 0 saturated heterocycles. The van der Waals surface area contributed by atoms with E-state index in [1.807, 2.05) is 6.07 Å². The SMILES string of the molecule is CC(C)(C#N)NC(=O)c1c(O)cccc1O. The molecule has 1 rings (SSSR count). The molecule has 0 spiro atoms. The number of phenolic OH excluding ortho intramolecular Hbond substituents is 2. The van der Waals surface area contributed by atoms with Gasteiger partial charge in [0, 0.05) is 0 Å². The monoisotopic (exact) mass is 220 g/mol. The molecule has 0 aromatic heterocycles. The summed E-state index contributed by atoms with van der Waals surface area (Å²) < 4.78 is 0. The molecule has 1 aromatic carbocycles. The summed E-state index contributed by atoms with van der Waals surface area (Å²) in [5, 5.41) is 30.0. The summed E-state index contributed by atoms with van der Waals surface area (Å²) in [6.07, 6.45) is 0. The fourth-order valence-electron chi connectivity index (χ4n) is 1.14. The Morgan fingerprint density at radius 1 is 1.38 bits per heavy atom. The van der Waals surface area contributed by atoms with Crippen molar-refractivity contribution >= 4 is 5.91 Å². The number of phenols is 2. The summed E-state index contributed by atoms with van der Waals surface area (Å²) >= 11 is 0. The number of carbonyl (C=O) groups excluding carboxylic acids is 1. The van der Waals surface area contributed by atoms with Gasteiger partial charge in [-0.2, -0.15) is 5.26 Å². The van der Waals surface area contributed by atoms with E-state index in [4.69, 9.17) is 5.26 Å². The van der Waals surface area contributed by atoms with Gasteiger partial charge in [-0.3, -0.25) is 4.79 Å². The van der Waals surface area contributed by atoms with Crippen molar-refractivity contribution in [3.05, 3.63) is 23.8 Å². The maximum Gasteiger partial charge on any atom is 0.260 e. The Labute approximate surface area is 92.9 Å². The number of aromatic hydroxyl groups is 2. The van der Waals surface area contributed by atoms with E-state index in [9.17, 15) is 15.0 Å². The van der Waals surface area contributed by atoms with Gasteiger partial charge < -0.3 is 15.5 Å². The number of nitrogens with one attached hydrogen (secondary N) is 1. The van der Waals surface area contributed by atoms with Crippen molar-refractivity contribution in [3.63, 3.8) is 0 Å². The van der Waals surface area contributed by atoms with Crippen LogP contribution in [0.25, 0.3) is 0 Å². The van der Waals surface area contributed by atoms with E-state index in [0.717, 1.165) is 0 Å². The molecule has 0 atom stereocenters. The first kappa shape index (κ1) is 11.9. The average molecular weight is 220 g/mol. The molecule has 0 radical (unpaired) electrons. The number of carbonyl (C=O) groups is 1. The predicted molar refractivity (Wildman–Crippen MR) is 56.9 cm³/mol. The smallest absolute Gasteiger partial charge is 0.260 e. The van der Waals surface area contributed by atoms with Crippen molar-refractivity contribution < 1.29 is 15.0 Å². The van der Waals surface area contributed by atoms with E-state index >= 15 is 0 Å². The normalized spacial score (nSPS) is 10.6. The van der Waals surface area contributed by atoms with Gasteiger partial charge in [0.15, 0.2) is 0 Å². The van der Waals surface area contributed by atoms with Crippen molar-refractivity contribution in [2.24, 2.45) is 0 Å². The molecule has 5 heteroatoms. The summed E-state index contributed by atoms with van der Waals surface area (Å²) in [7, 11) is 0. The molecule has 1 aromatic rings. The van der Waals surface area contributed by atoms with Crippen LogP contribution in [-0.4, -0.2) is 21.7 Å². The van der Waals surface area contributed by atoms with E-state index in [0.29, 0.717) is 0 Å². The van der Waals surface area contributed by atoms with E-state index in [-0.39, 0.29) is 17.1 Å². The van der Waals surface area contributed by atoms with Gasteiger partial charge in [0.1, 0.15) is 22.6 Å². The first-order chi connectivity index (χ1) is 7.37. The third kappa shape index (κ3) is 2.42.